The summed E-state index contributed by atoms with van der Waals surface area (Å²) in [7, 11) is 0. The Hall–Kier alpha value is -4.43. The van der Waals surface area contributed by atoms with Crippen molar-refractivity contribution >= 4 is 0 Å². The zero-order valence-electron chi connectivity index (χ0n) is 25.3. The molecule has 1 saturated heterocycles. The average Bonchev–Trinajstić information content (AvgIpc) is 3.09. The van der Waals surface area contributed by atoms with Gasteiger partial charge < -0.3 is 16.0 Å². The van der Waals surface area contributed by atoms with Crippen LogP contribution in [-0.2, 0) is 0 Å². The number of benzene rings is 1. The minimum Gasteiger partial charge on any atom is -0.380 e. The molecule has 5 heterocycles. The smallest absolute Gasteiger partial charge is 0.0878 e. The summed E-state index contributed by atoms with van der Waals surface area (Å²) in [5.41, 5.74) is 9.27. The number of pyridine rings is 1. The second-order valence-corrected chi connectivity index (χ2v) is 12.0. The minimum atomic E-state index is -0.0625. The Bertz CT molecular complexity index is 1620. The zero-order chi connectivity index (χ0) is 29.9. The van der Waals surface area contributed by atoms with Crippen molar-refractivity contribution in [3.05, 3.63) is 161 Å². The number of allylic oxidation sites excluding steroid dienone is 8. The summed E-state index contributed by atoms with van der Waals surface area (Å²) in [5.74, 6) is 0.439. The minimum absolute atomic E-state index is 0.0276. The van der Waals surface area contributed by atoms with E-state index in [0.717, 1.165) is 41.3 Å². The molecule has 0 saturated carbocycles. The zero-order valence-corrected chi connectivity index (χ0v) is 25.3. The summed E-state index contributed by atoms with van der Waals surface area (Å²) in [6.45, 7) is 4.94. The predicted octanol–water partition coefficient (Wildman–Crippen LogP) is 5.05. The van der Waals surface area contributed by atoms with Gasteiger partial charge in [0.25, 0.3) is 0 Å². The van der Waals surface area contributed by atoms with Crippen LogP contribution >= 0.6 is 0 Å². The lowest BCUT2D eigenvalue weighted by molar-refractivity contribution is 0.241. The third-order valence-corrected chi connectivity index (χ3v) is 8.80. The summed E-state index contributed by atoms with van der Waals surface area (Å²) < 4.78 is 0. The number of rotatable bonds is 6. The monoisotopic (exact) mass is 583 g/mol. The highest BCUT2D eigenvalue weighted by molar-refractivity contribution is 5.42. The summed E-state index contributed by atoms with van der Waals surface area (Å²) in [4.78, 5) is 4.72. The van der Waals surface area contributed by atoms with Gasteiger partial charge in [-0.3, -0.25) is 20.9 Å². The van der Waals surface area contributed by atoms with Crippen molar-refractivity contribution in [1.82, 2.24) is 36.9 Å². The number of hydrogen-bond donors (Lipinski definition) is 6. The molecule has 44 heavy (non-hydrogen) atoms. The van der Waals surface area contributed by atoms with Crippen molar-refractivity contribution in [2.45, 2.75) is 56.8 Å². The third-order valence-electron chi connectivity index (χ3n) is 8.80. The highest BCUT2D eigenvalue weighted by atomic mass is 15.4. The van der Waals surface area contributed by atoms with Gasteiger partial charge in [-0.05, 0) is 66.8 Å². The SMILES string of the molecule is Cc1cccc(C2C=CC(C3NC(C4=CC=C(C5=CC=CC(C)N5)NC4)NC(c4ccc(C5C=CC=CC5)cc4)N3)=CN2)n1. The normalized spacial score (nSPS) is 29.4. The molecule has 6 unspecified atom stereocenters. The molecule has 2 aromatic rings. The Morgan fingerprint density at radius 1 is 0.773 bits per heavy atom. The Morgan fingerprint density at radius 2 is 1.61 bits per heavy atom. The quantitative estimate of drug-likeness (QED) is 0.284. The fraction of sp³-hybridized carbons (Fsp3) is 0.270. The van der Waals surface area contributed by atoms with E-state index in [1.807, 2.05) is 13.0 Å². The van der Waals surface area contributed by atoms with Crippen LogP contribution in [0, 0.1) is 6.92 Å². The Balaban J connectivity index is 1.12. The summed E-state index contributed by atoms with van der Waals surface area (Å²) >= 11 is 0. The lowest BCUT2D eigenvalue weighted by atomic mass is 9.91. The van der Waals surface area contributed by atoms with Crippen LogP contribution in [0.1, 0.15) is 54.0 Å². The van der Waals surface area contributed by atoms with Crippen LogP contribution in [0.4, 0.5) is 0 Å². The number of aryl methyl sites for hydroxylation is 1. The molecule has 6 atom stereocenters. The molecule has 5 aliphatic rings. The van der Waals surface area contributed by atoms with E-state index in [0.29, 0.717) is 12.0 Å². The van der Waals surface area contributed by atoms with Gasteiger partial charge in [0, 0.05) is 30.4 Å². The average molecular weight is 584 g/mol. The first-order valence-electron chi connectivity index (χ1n) is 15.7. The van der Waals surface area contributed by atoms with Gasteiger partial charge >= 0.3 is 0 Å². The van der Waals surface area contributed by atoms with Crippen molar-refractivity contribution in [1.29, 1.82) is 0 Å². The largest absolute Gasteiger partial charge is 0.380 e. The molecule has 7 rings (SSSR count). The molecule has 0 bridgehead atoms. The fourth-order valence-corrected chi connectivity index (χ4v) is 6.32. The summed E-state index contributed by atoms with van der Waals surface area (Å²) in [5, 5.41) is 22.3. The van der Waals surface area contributed by atoms with E-state index >= 15 is 0 Å². The summed E-state index contributed by atoms with van der Waals surface area (Å²) in [6.07, 6.45) is 27.1. The molecule has 1 aromatic heterocycles. The van der Waals surface area contributed by atoms with Gasteiger partial charge in [-0.15, -0.1) is 0 Å². The maximum absolute atomic E-state index is 4.72. The van der Waals surface area contributed by atoms with E-state index in [4.69, 9.17) is 4.98 Å². The van der Waals surface area contributed by atoms with Gasteiger partial charge in [0.15, 0.2) is 0 Å². The van der Waals surface area contributed by atoms with Crippen LogP contribution in [0.15, 0.2) is 138 Å². The number of aromatic nitrogens is 1. The van der Waals surface area contributed by atoms with Crippen molar-refractivity contribution < 1.29 is 0 Å². The van der Waals surface area contributed by atoms with E-state index < -0.39 is 0 Å². The van der Waals surface area contributed by atoms with Crippen LogP contribution in [0.2, 0.25) is 0 Å². The maximum Gasteiger partial charge on any atom is 0.0878 e. The molecular formula is C37H41N7. The topological polar surface area (TPSA) is 85.1 Å². The van der Waals surface area contributed by atoms with E-state index in [-0.39, 0.29) is 24.5 Å². The first-order chi connectivity index (χ1) is 21.6. The molecule has 1 fully saturated rings. The predicted molar refractivity (Wildman–Crippen MR) is 178 cm³/mol. The second kappa shape index (κ2) is 12.7. The molecule has 7 heteroatoms. The maximum atomic E-state index is 4.72. The summed E-state index contributed by atoms with van der Waals surface area (Å²) in [6, 6.07) is 15.6. The lowest BCUT2D eigenvalue weighted by Gasteiger charge is -2.42. The van der Waals surface area contributed by atoms with Crippen LogP contribution < -0.4 is 31.9 Å². The molecule has 1 aliphatic carbocycles. The van der Waals surface area contributed by atoms with Crippen LogP contribution in [0.5, 0.6) is 0 Å². The second-order valence-electron chi connectivity index (χ2n) is 12.0. The van der Waals surface area contributed by atoms with Gasteiger partial charge in [-0.2, -0.15) is 0 Å². The van der Waals surface area contributed by atoms with E-state index in [1.165, 1.54) is 16.7 Å². The van der Waals surface area contributed by atoms with Crippen LogP contribution in [0.25, 0.3) is 0 Å². The van der Waals surface area contributed by atoms with Gasteiger partial charge in [-0.1, -0.05) is 85.0 Å². The van der Waals surface area contributed by atoms with E-state index in [9.17, 15) is 0 Å². The molecule has 0 spiro atoms. The number of nitrogens with zero attached hydrogens (tertiary/aromatic N) is 1. The molecule has 224 valence electrons. The van der Waals surface area contributed by atoms with Crippen LogP contribution in [-0.4, -0.2) is 29.9 Å². The van der Waals surface area contributed by atoms with Crippen LogP contribution in [0.3, 0.4) is 0 Å². The Labute approximate surface area is 260 Å². The Morgan fingerprint density at radius 3 is 2.34 bits per heavy atom. The van der Waals surface area contributed by atoms with Crippen molar-refractivity contribution in [2.24, 2.45) is 0 Å². The molecule has 6 N–H and O–H groups in total. The van der Waals surface area contributed by atoms with Gasteiger partial charge in [0.1, 0.15) is 0 Å². The molecular weight excluding hydrogens is 542 g/mol. The number of dihydropyridines is 3. The highest BCUT2D eigenvalue weighted by Gasteiger charge is 2.32. The first-order valence-corrected chi connectivity index (χ1v) is 15.7. The molecule has 1 aromatic carbocycles. The standard InChI is InChI=1S/C37H41N7/c1-24-8-6-12-33(40-24)31-20-18-29(22-38-31)36-42-35(28-16-14-27(15-17-28)26-10-4-3-5-11-26)43-37(44-36)30-19-21-32(39-23-30)34-13-7-9-25(2)41-34/h3-10,12-22,25-26,31,35-39,41-44H,11,23H2,1-2H3. The molecule has 0 amide bonds. The van der Waals surface area contributed by atoms with Gasteiger partial charge in [0.2, 0.25) is 0 Å². The first kappa shape index (κ1) is 28.3. The van der Waals surface area contributed by atoms with Crippen molar-refractivity contribution in [3.8, 4) is 0 Å². The molecule has 0 radical (unpaired) electrons. The van der Waals surface area contributed by atoms with E-state index in [2.05, 4.69) is 148 Å². The lowest BCUT2D eigenvalue weighted by Crippen LogP contribution is -2.65. The Kier molecular flexibility index (Phi) is 8.16. The van der Waals surface area contributed by atoms with Crippen molar-refractivity contribution in [3.63, 3.8) is 0 Å². The molecule has 7 nitrogen and oxygen atoms in total. The van der Waals surface area contributed by atoms with Crippen molar-refractivity contribution in [2.75, 3.05) is 6.54 Å². The van der Waals surface area contributed by atoms with Gasteiger partial charge in [-0.25, -0.2) is 0 Å². The number of nitrogens with one attached hydrogen (secondary N) is 6. The fourth-order valence-electron chi connectivity index (χ4n) is 6.32. The number of hydrogen-bond acceptors (Lipinski definition) is 7. The third kappa shape index (κ3) is 6.26. The highest BCUT2D eigenvalue weighted by Crippen LogP contribution is 2.28. The van der Waals surface area contributed by atoms with E-state index in [1.54, 1.807) is 0 Å². The van der Waals surface area contributed by atoms with Gasteiger partial charge in [0.05, 0.1) is 41.6 Å². The molecule has 4 aliphatic heterocycles.